The Bertz CT molecular complexity index is 1090. The molecule has 1 aromatic carbocycles. The van der Waals surface area contributed by atoms with Crippen molar-refractivity contribution in [2.45, 2.75) is 58.2 Å². The van der Waals surface area contributed by atoms with Crippen molar-refractivity contribution in [3.8, 4) is 6.01 Å². The highest BCUT2D eigenvalue weighted by Gasteiger charge is 2.24. The molecule has 4 rings (SSSR count). The molecule has 0 N–H and O–H groups in total. The Morgan fingerprint density at radius 1 is 1.11 bits per heavy atom. The van der Waals surface area contributed by atoms with Crippen molar-refractivity contribution in [1.82, 2.24) is 18.7 Å². The Hall–Kier alpha value is -2.83. The van der Waals surface area contributed by atoms with E-state index in [9.17, 15) is 9.59 Å². The van der Waals surface area contributed by atoms with Crippen LogP contribution in [0.1, 0.15) is 44.6 Å². The molecule has 0 spiro atoms. The molecule has 3 aromatic rings. The number of imidazole rings is 1. The molecule has 28 heavy (non-hydrogen) atoms. The van der Waals surface area contributed by atoms with E-state index in [0.717, 1.165) is 31.2 Å². The molecule has 1 fully saturated rings. The highest BCUT2D eigenvalue weighted by atomic mass is 16.5. The topological polar surface area (TPSA) is 71.1 Å². The molecule has 1 aliphatic carbocycles. The van der Waals surface area contributed by atoms with Crippen LogP contribution in [0.5, 0.6) is 6.01 Å². The summed E-state index contributed by atoms with van der Waals surface area (Å²) < 4.78 is 10.8. The van der Waals surface area contributed by atoms with Crippen molar-refractivity contribution < 1.29 is 4.74 Å². The maximum atomic E-state index is 13.2. The van der Waals surface area contributed by atoms with Crippen molar-refractivity contribution in [1.29, 1.82) is 0 Å². The molecule has 0 bridgehead atoms. The van der Waals surface area contributed by atoms with Gasteiger partial charge in [0.15, 0.2) is 11.2 Å². The van der Waals surface area contributed by atoms with E-state index >= 15 is 0 Å². The first-order valence-corrected chi connectivity index (χ1v) is 10.0. The number of ether oxygens (including phenoxy) is 1. The molecular formula is C21H26N4O3. The number of hydrogen-bond acceptors (Lipinski definition) is 4. The summed E-state index contributed by atoms with van der Waals surface area (Å²) in [5.41, 5.74) is 1.22. The number of fused-ring (bicyclic) bond motifs is 1. The Morgan fingerprint density at radius 3 is 2.50 bits per heavy atom. The first-order chi connectivity index (χ1) is 13.6. The zero-order valence-electron chi connectivity index (χ0n) is 16.4. The summed E-state index contributed by atoms with van der Waals surface area (Å²) in [5, 5.41) is 0. The molecule has 0 saturated heterocycles. The molecule has 1 saturated carbocycles. The van der Waals surface area contributed by atoms with E-state index in [0.29, 0.717) is 36.7 Å². The maximum Gasteiger partial charge on any atom is 0.332 e. The quantitative estimate of drug-likeness (QED) is 0.657. The van der Waals surface area contributed by atoms with Crippen LogP contribution in [-0.2, 0) is 20.1 Å². The fraction of sp³-hybridized carbons (Fsp3) is 0.476. The van der Waals surface area contributed by atoms with Gasteiger partial charge in [0.05, 0.1) is 6.54 Å². The minimum absolute atomic E-state index is 0.112. The smallest absolute Gasteiger partial charge is 0.332 e. The van der Waals surface area contributed by atoms with E-state index in [1.54, 1.807) is 7.05 Å². The Labute approximate surface area is 163 Å². The summed E-state index contributed by atoms with van der Waals surface area (Å²) in [4.78, 5) is 30.4. The van der Waals surface area contributed by atoms with Gasteiger partial charge in [-0.05, 0) is 37.7 Å². The van der Waals surface area contributed by atoms with Gasteiger partial charge in [-0.1, -0.05) is 37.3 Å². The fourth-order valence-corrected chi connectivity index (χ4v) is 3.93. The van der Waals surface area contributed by atoms with Gasteiger partial charge in [0.1, 0.15) is 6.10 Å². The third-order valence-electron chi connectivity index (χ3n) is 5.40. The van der Waals surface area contributed by atoms with Gasteiger partial charge in [0.2, 0.25) is 0 Å². The van der Waals surface area contributed by atoms with Crippen LogP contribution in [0.3, 0.4) is 0 Å². The maximum absolute atomic E-state index is 13.2. The van der Waals surface area contributed by atoms with Crippen molar-refractivity contribution in [3.05, 3.63) is 56.7 Å². The van der Waals surface area contributed by atoms with Gasteiger partial charge in [-0.25, -0.2) is 4.79 Å². The van der Waals surface area contributed by atoms with E-state index in [-0.39, 0.29) is 17.4 Å². The van der Waals surface area contributed by atoms with Gasteiger partial charge >= 0.3 is 5.69 Å². The minimum atomic E-state index is -0.337. The van der Waals surface area contributed by atoms with Gasteiger partial charge in [0, 0.05) is 13.6 Å². The number of aryl methyl sites for hydroxylation is 1. The van der Waals surface area contributed by atoms with Gasteiger partial charge < -0.3 is 4.74 Å². The number of nitrogens with zero attached hydrogens (tertiary/aromatic N) is 4. The Kier molecular flexibility index (Phi) is 5.07. The largest absolute Gasteiger partial charge is 0.461 e. The second-order valence-corrected chi connectivity index (χ2v) is 7.46. The van der Waals surface area contributed by atoms with Gasteiger partial charge in [-0.3, -0.25) is 18.5 Å². The molecule has 0 radical (unpaired) electrons. The summed E-state index contributed by atoms with van der Waals surface area (Å²) in [7, 11) is 1.66. The highest BCUT2D eigenvalue weighted by Crippen LogP contribution is 2.26. The first kappa shape index (κ1) is 18.5. The van der Waals surface area contributed by atoms with Gasteiger partial charge in [-0.2, -0.15) is 4.98 Å². The fourth-order valence-electron chi connectivity index (χ4n) is 3.93. The lowest BCUT2D eigenvalue weighted by molar-refractivity contribution is 0.186. The summed E-state index contributed by atoms with van der Waals surface area (Å²) in [6.45, 7) is 2.81. The van der Waals surface area contributed by atoms with Crippen LogP contribution in [0.2, 0.25) is 0 Å². The summed E-state index contributed by atoms with van der Waals surface area (Å²) in [5.74, 6) is 0. The number of benzene rings is 1. The Balaban J connectivity index is 1.92. The normalized spacial score (nSPS) is 14.8. The number of hydrogen-bond donors (Lipinski definition) is 0. The molecule has 0 unspecified atom stereocenters. The van der Waals surface area contributed by atoms with Crippen molar-refractivity contribution in [2.24, 2.45) is 7.05 Å². The SMILES string of the molecule is CCCn1c(=O)c2c(nc(OC3CCCC3)n2Cc2ccccc2)n(C)c1=O. The van der Waals surface area contributed by atoms with Crippen LogP contribution in [0.25, 0.3) is 11.2 Å². The molecule has 2 heterocycles. The summed E-state index contributed by atoms with van der Waals surface area (Å²) in [6, 6.07) is 10.3. The average Bonchev–Trinajstić information content (AvgIpc) is 3.33. The van der Waals surface area contributed by atoms with E-state index in [1.807, 2.05) is 41.8 Å². The van der Waals surface area contributed by atoms with Crippen molar-refractivity contribution >= 4 is 11.2 Å². The lowest BCUT2D eigenvalue weighted by Crippen LogP contribution is -2.39. The second-order valence-electron chi connectivity index (χ2n) is 7.46. The minimum Gasteiger partial charge on any atom is -0.461 e. The molecule has 7 nitrogen and oxygen atoms in total. The second kappa shape index (κ2) is 7.66. The number of aromatic nitrogens is 4. The van der Waals surface area contributed by atoms with Crippen LogP contribution >= 0.6 is 0 Å². The molecule has 0 amide bonds. The van der Waals surface area contributed by atoms with Crippen LogP contribution in [0, 0.1) is 0 Å². The molecule has 0 aliphatic heterocycles. The van der Waals surface area contributed by atoms with Crippen LogP contribution < -0.4 is 16.0 Å². The molecule has 1 aliphatic rings. The monoisotopic (exact) mass is 382 g/mol. The third-order valence-corrected chi connectivity index (χ3v) is 5.40. The van der Waals surface area contributed by atoms with E-state index < -0.39 is 0 Å². The van der Waals surface area contributed by atoms with Crippen LogP contribution in [-0.4, -0.2) is 24.8 Å². The van der Waals surface area contributed by atoms with Crippen molar-refractivity contribution in [2.75, 3.05) is 0 Å². The lowest BCUT2D eigenvalue weighted by Gasteiger charge is -2.14. The molecule has 7 heteroatoms. The van der Waals surface area contributed by atoms with E-state index in [2.05, 4.69) is 4.98 Å². The van der Waals surface area contributed by atoms with Gasteiger partial charge in [-0.15, -0.1) is 0 Å². The van der Waals surface area contributed by atoms with Crippen LogP contribution in [0.15, 0.2) is 39.9 Å². The average molecular weight is 382 g/mol. The van der Waals surface area contributed by atoms with Crippen LogP contribution in [0.4, 0.5) is 0 Å². The Morgan fingerprint density at radius 2 is 1.82 bits per heavy atom. The summed E-state index contributed by atoms with van der Waals surface area (Å²) in [6.07, 6.45) is 5.10. The molecular weight excluding hydrogens is 356 g/mol. The lowest BCUT2D eigenvalue weighted by atomic mass is 10.2. The molecule has 2 aromatic heterocycles. The summed E-state index contributed by atoms with van der Waals surface area (Å²) >= 11 is 0. The standard InChI is InChI=1S/C21H26N4O3/c1-3-13-24-19(26)17-18(23(2)21(24)27)22-20(28-16-11-7-8-12-16)25(17)14-15-9-5-4-6-10-15/h4-6,9-10,16H,3,7-8,11-14H2,1-2H3. The zero-order chi connectivity index (χ0) is 19.7. The number of rotatable bonds is 6. The van der Waals surface area contributed by atoms with E-state index in [4.69, 9.17) is 4.74 Å². The third kappa shape index (κ3) is 3.25. The van der Waals surface area contributed by atoms with Crippen molar-refractivity contribution in [3.63, 3.8) is 0 Å². The first-order valence-electron chi connectivity index (χ1n) is 10.0. The predicted octanol–water partition coefficient (Wildman–Crippen LogP) is 2.68. The molecule has 0 atom stereocenters. The van der Waals surface area contributed by atoms with Gasteiger partial charge in [0.25, 0.3) is 11.6 Å². The predicted molar refractivity (Wildman–Crippen MR) is 108 cm³/mol. The molecule has 148 valence electrons. The zero-order valence-corrected chi connectivity index (χ0v) is 16.4. The van der Waals surface area contributed by atoms with E-state index in [1.165, 1.54) is 9.13 Å². The highest BCUT2D eigenvalue weighted by molar-refractivity contribution is 5.72.